The largest absolute Gasteiger partial charge is 0.479 e. The van der Waals surface area contributed by atoms with E-state index in [4.69, 9.17) is 10.00 Å². The van der Waals surface area contributed by atoms with Crippen LogP contribution >= 0.6 is 0 Å². The van der Waals surface area contributed by atoms with E-state index in [1.165, 1.54) is 12.1 Å². The fraction of sp³-hybridized carbons (Fsp3) is 0.190. The Labute approximate surface area is 162 Å². The van der Waals surface area contributed by atoms with Gasteiger partial charge < -0.3 is 10.1 Å². The van der Waals surface area contributed by atoms with Crippen LogP contribution in [0.4, 0.5) is 10.1 Å². The molecular formula is C21H19FN4O2. The van der Waals surface area contributed by atoms with E-state index < -0.39 is 0 Å². The monoisotopic (exact) mass is 378 g/mol. The molecule has 142 valence electrons. The van der Waals surface area contributed by atoms with E-state index in [0.717, 1.165) is 22.6 Å². The summed E-state index contributed by atoms with van der Waals surface area (Å²) in [6.07, 6.45) is 0.172. The van der Waals surface area contributed by atoms with Crippen LogP contribution in [-0.4, -0.2) is 22.3 Å². The Morgan fingerprint density at radius 3 is 2.50 bits per heavy atom. The third-order valence-corrected chi connectivity index (χ3v) is 4.29. The van der Waals surface area contributed by atoms with Gasteiger partial charge >= 0.3 is 0 Å². The molecule has 3 rings (SSSR count). The lowest BCUT2D eigenvalue weighted by molar-refractivity contribution is -0.115. The molecule has 0 radical (unpaired) electrons. The molecule has 1 heterocycles. The number of nitriles is 1. The molecule has 0 saturated heterocycles. The molecule has 6 nitrogen and oxygen atoms in total. The van der Waals surface area contributed by atoms with Crippen molar-refractivity contribution in [3.05, 3.63) is 71.3 Å². The van der Waals surface area contributed by atoms with Crippen LogP contribution in [0.25, 0.3) is 5.69 Å². The second kappa shape index (κ2) is 8.35. The first-order valence-corrected chi connectivity index (χ1v) is 8.68. The first kappa shape index (κ1) is 19.1. The van der Waals surface area contributed by atoms with Crippen molar-refractivity contribution in [2.75, 3.05) is 11.9 Å². The predicted octanol–water partition coefficient (Wildman–Crippen LogP) is 3.71. The van der Waals surface area contributed by atoms with Gasteiger partial charge in [-0.3, -0.25) is 4.79 Å². The van der Waals surface area contributed by atoms with E-state index >= 15 is 0 Å². The van der Waals surface area contributed by atoms with Gasteiger partial charge in [0.1, 0.15) is 17.6 Å². The number of amides is 1. The van der Waals surface area contributed by atoms with E-state index in [2.05, 4.69) is 10.4 Å². The number of aromatic nitrogens is 2. The highest BCUT2D eigenvalue weighted by Gasteiger charge is 2.16. The molecule has 2 aromatic carbocycles. The molecular weight excluding hydrogens is 359 g/mol. The van der Waals surface area contributed by atoms with Crippen molar-refractivity contribution < 1.29 is 13.9 Å². The molecule has 0 unspecified atom stereocenters. The van der Waals surface area contributed by atoms with E-state index in [0.29, 0.717) is 11.4 Å². The summed E-state index contributed by atoms with van der Waals surface area (Å²) in [4.78, 5) is 12.5. The Kier molecular flexibility index (Phi) is 5.70. The summed E-state index contributed by atoms with van der Waals surface area (Å²) in [5.74, 6) is 0.0799. The van der Waals surface area contributed by atoms with Crippen molar-refractivity contribution in [2.45, 2.75) is 20.3 Å². The predicted molar refractivity (Wildman–Crippen MR) is 103 cm³/mol. The van der Waals surface area contributed by atoms with Gasteiger partial charge in [-0.2, -0.15) is 10.4 Å². The molecule has 28 heavy (non-hydrogen) atoms. The van der Waals surface area contributed by atoms with Crippen LogP contribution in [0.5, 0.6) is 5.75 Å². The van der Waals surface area contributed by atoms with E-state index in [1.807, 2.05) is 19.9 Å². The molecule has 7 heteroatoms. The van der Waals surface area contributed by atoms with Gasteiger partial charge in [-0.15, -0.1) is 0 Å². The highest BCUT2D eigenvalue weighted by atomic mass is 19.1. The average Bonchev–Trinajstić information content (AvgIpc) is 2.96. The molecule has 0 saturated carbocycles. The molecule has 0 aliphatic heterocycles. The topological polar surface area (TPSA) is 79.9 Å². The van der Waals surface area contributed by atoms with Crippen molar-refractivity contribution in [2.24, 2.45) is 0 Å². The van der Waals surface area contributed by atoms with Gasteiger partial charge in [0.05, 0.1) is 17.8 Å². The van der Waals surface area contributed by atoms with Crippen LogP contribution in [0.15, 0.2) is 48.5 Å². The maximum atomic E-state index is 13.1. The van der Waals surface area contributed by atoms with Crippen molar-refractivity contribution >= 4 is 11.6 Å². The smallest absolute Gasteiger partial charge is 0.228 e. The molecule has 0 atom stereocenters. The molecule has 0 bridgehead atoms. The highest BCUT2D eigenvalue weighted by Crippen LogP contribution is 2.20. The zero-order chi connectivity index (χ0) is 20.1. The number of halogens is 1. The lowest BCUT2D eigenvalue weighted by Gasteiger charge is -2.08. The summed E-state index contributed by atoms with van der Waals surface area (Å²) >= 11 is 0. The summed E-state index contributed by atoms with van der Waals surface area (Å²) in [6, 6.07) is 14.8. The third-order valence-electron chi connectivity index (χ3n) is 4.29. The molecule has 0 fully saturated rings. The lowest BCUT2D eigenvalue weighted by Crippen LogP contribution is -2.15. The van der Waals surface area contributed by atoms with E-state index in [9.17, 15) is 9.18 Å². The Morgan fingerprint density at radius 1 is 1.18 bits per heavy atom. The van der Waals surface area contributed by atoms with E-state index in [-0.39, 0.29) is 24.8 Å². The fourth-order valence-corrected chi connectivity index (χ4v) is 2.88. The molecule has 1 N–H and O–H groups in total. The van der Waals surface area contributed by atoms with Crippen molar-refractivity contribution in [3.63, 3.8) is 0 Å². The number of aryl methyl sites for hydroxylation is 1. The summed E-state index contributed by atoms with van der Waals surface area (Å²) in [7, 11) is 0. The number of anilines is 1. The fourth-order valence-electron chi connectivity index (χ4n) is 2.88. The Morgan fingerprint density at radius 2 is 1.86 bits per heavy atom. The van der Waals surface area contributed by atoms with Crippen LogP contribution < -0.4 is 10.1 Å². The SMILES string of the molecule is Cc1nn(-c2ccc(F)cc2)c(C)c1CC(=O)Nc1ccc(OCC#N)cc1. The van der Waals surface area contributed by atoms with Crippen molar-refractivity contribution in [1.29, 1.82) is 5.26 Å². The van der Waals surface area contributed by atoms with E-state index in [1.54, 1.807) is 41.1 Å². The average molecular weight is 378 g/mol. The lowest BCUT2D eigenvalue weighted by atomic mass is 10.1. The van der Waals surface area contributed by atoms with Crippen molar-refractivity contribution in [3.8, 4) is 17.5 Å². The number of hydrogen-bond acceptors (Lipinski definition) is 4. The van der Waals surface area contributed by atoms with Gasteiger partial charge in [0.2, 0.25) is 5.91 Å². The first-order valence-electron chi connectivity index (χ1n) is 8.68. The minimum absolute atomic E-state index is 0.0255. The highest BCUT2D eigenvalue weighted by molar-refractivity contribution is 5.92. The molecule has 0 aliphatic carbocycles. The molecule has 0 aliphatic rings. The summed E-state index contributed by atoms with van der Waals surface area (Å²) in [5.41, 5.74) is 3.78. The second-order valence-electron chi connectivity index (χ2n) is 6.23. The van der Waals surface area contributed by atoms with Gasteiger partial charge in [-0.1, -0.05) is 0 Å². The zero-order valence-electron chi connectivity index (χ0n) is 15.6. The van der Waals surface area contributed by atoms with Crippen LogP contribution in [0.1, 0.15) is 17.0 Å². The normalized spacial score (nSPS) is 10.4. The molecule has 3 aromatic rings. The number of ether oxygens (including phenoxy) is 1. The van der Waals surface area contributed by atoms with Gasteiger partial charge in [0, 0.05) is 16.9 Å². The third kappa shape index (κ3) is 4.35. The molecule has 1 amide bonds. The molecule has 1 aromatic heterocycles. The zero-order valence-corrected chi connectivity index (χ0v) is 15.6. The minimum Gasteiger partial charge on any atom is -0.479 e. The van der Waals surface area contributed by atoms with Crippen molar-refractivity contribution in [1.82, 2.24) is 9.78 Å². The number of nitrogens with zero attached hydrogens (tertiary/aromatic N) is 3. The Bertz CT molecular complexity index is 1020. The number of nitrogens with one attached hydrogen (secondary N) is 1. The number of hydrogen-bond donors (Lipinski definition) is 1. The number of carbonyl (C=O) groups excluding carboxylic acids is 1. The first-order chi connectivity index (χ1) is 13.5. The number of benzene rings is 2. The minimum atomic E-state index is -0.311. The maximum absolute atomic E-state index is 13.1. The van der Waals surface area contributed by atoms with Gasteiger partial charge in [-0.25, -0.2) is 9.07 Å². The van der Waals surface area contributed by atoms with Gasteiger partial charge in [-0.05, 0) is 62.4 Å². The summed E-state index contributed by atoms with van der Waals surface area (Å²) < 4.78 is 20.0. The molecule has 0 spiro atoms. The maximum Gasteiger partial charge on any atom is 0.228 e. The Balaban J connectivity index is 1.70. The summed E-state index contributed by atoms with van der Waals surface area (Å²) in [6.45, 7) is 3.70. The van der Waals surface area contributed by atoms with Crippen LogP contribution in [0, 0.1) is 31.0 Å². The van der Waals surface area contributed by atoms with Gasteiger partial charge in [0.25, 0.3) is 0 Å². The quantitative estimate of drug-likeness (QED) is 0.709. The van der Waals surface area contributed by atoms with Crippen LogP contribution in [-0.2, 0) is 11.2 Å². The van der Waals surface area contributed by atoms with Crippen LogP contribution in [0.2, 0.25) is 0 Å². The second-order valence-corrected chi connectivity index (χ2v) is 6.23. The van der Waals surface area contributed by atoms with Gasteiger partial charge in [0.15, 0.2) is 6.61 Å². The number of rotatable bonds is 6. The standard InChI is InChI=1S/C21H19FN4O2/c1-14-20(15(2)26(25-14)18-7-3-16(22)4-8-18)13-21(27)24-17-5-9-19(10-6-17)28-12-11-23/h3-10H,12-13H2,1-2H3,(H,24,27). The summed E-state index contributed by atoms with van der Waals surface area (Å²) in [5, 5.41) is 15.8. The Hall–Kier alpha value is -3.66. The number of carbonyl (C=O) groups is 1. The van der Waals surface area contributed by atoms with Crippen LogP contribution in [0.3, 0.4) is 0 Å².